The van der Waals surface area contributed by atoms with Gasteiger partial charge in [0.05, 0.1) is 6.04 Å². The monoisotopic (exact) mass is 149 g/mol. The van der Waals surface area contributed by atoms with E-state index in [-0.39, 0.29) is 0 Å². The van der Waals surface area contributed by atoms with Crippen molar-refractivity contribution in [3.05, 3.63) is 35.8 Å². The summed E-state index contributed by atoms with van der Waals surface area (Å²) in [6.45, 7) is 2.04. The van der Waals surface area contributed by atoms with E-state index in [2.05, 4.69) is 11.4 Å². The predicted molar refractivity (Wildman–Crippen MR) is 44.0 cm³/mol. The number of hydrogen-bond donors (Lipinski definition) is 2. The van der Waals surface area contributed by atoms with E-state index in [1.807, 2.05) is 19.1 Å². The molecule has 0 amide bonds. The SMILES string of the molecule is CC1=CC2C=C(O)C=CC2N1. The first-order chi connectivity index (χ1) is 5.25. The highest BCUT2D eigenvalue weighted by Crippen LogP contribution is 2.23. The molecule has 1 aliphatic carbocycles. The normalized spacial score (nSPS) is 33.9. The van der Waals surface area contributed by atoms with Crippen LogP contribution in [0.5, 0.6) is 0 Å². The van der Waals surface area contributed by atoms with Crippen LogP contribution in [-0.2, 0) is 0 Å². The third-order valence-corrected chi connectivity index (χ3v) is 2.09. The minimum atomic E-state index is 0.347. The molecule has 11 heavy (non-hydrogen) atoms. The third-order valence-electron chi connectivity index (χ3n) is 2.09. The van der Waals surface area contributed by atoms with E-state index < -0.39 is 0 Å². The molecule has 2 rings (SSSR count). The highest BCUT2D eigenvalue weighted by molar-refractivity contribution is 5.30. The van der Waals surface area contributed by atoms with Gasteiger partial charge in [-0.05, 0) is 19.1 Å². The second kappa shape index (κ2) is 2.16. The summed E-state index contributed by atoms with van der Waals surface area (Å²) in [5.74, 6) is 0.721. The second-order valence-electron chi connectivity index (χ2n) is 3.05. The fraction of sp³-hybridized carbons (Fsp3) is 0.333. The second-order valence-corrected chi connectivity index (χ2v) is 3.05. The molecule has 2 atom stereocenters. The molecule has 0 aromatic carbocycles. The van der Waals surface area contributed by atoms with Crippen LogP contribution in [0, 0.1) is 5.92 Å². The van der Waals surface area contributed by atoms with Crippen LogP contribution in [0.3, 0.4) is 0 Å². The molecule has 2 aliphatic rings. The zero-order chi connectivity index (χ0) is 7.84. The van der Waals surface area contributed by atoms with Crippen LogP contribution in [0.25, 0.3) is 0 Å². The largest absolute Gasteiger partial charge is 0.508 e. The van der Waals surface area contributed by atoms with Gasteiger partial charge in [-0.3, -0.25) is 0 Å². The van der Waals surface area contributed by atoms with Gasteiger partial charge in [0.15, 0.2) is 0 Å². The summed E-state index contributed by atoms with van der Waals surface area (Å²) in [4.78, 5) is 0. The Morgan fingerprint density at radius 3 is 3.09 bits per heavy atom. The molecule has 2 heteroatoms. The van der Waals surface area contributed by atoms with Crippen molar-refractivity contribution >= 4 is 0 Å². The van der Waals surface area contributed by atoms with Crippen molar-refractivity contribution in [1.82, 2.24) is 5.32 Å². The van der Waals surface area contributed by atoms with Crippen molar-refractivity contribution in [2.45, 2.75) is 13.0 Å². The predicted octanol–water partition coefficient (Wildman–Crippen LogP) is 1.49. The molecule has 1 heterocycles. The van der Waals surface area contributed by atoms with Crippen molar-refractivity contribution in [3.63, 3.8) is 0 Å². The van der Waals surface area contributed by atoms with Gasteiger partial charge >= 0.3 is 0 Å². The maximum Gasteiger partial charge on any atom is 0.112 e. The van der Waals surface area contributed by atoms with E-state index in [1.165, 1.54) is 5.70 Å². The van der Waals surface area contributed by atoms with E-state index in [4.69, 9.17) is 5.11 Å². The van der Waals surface area contributed by atoms with Crippen LogP contribution >= 0.6 is 0 Å². The van der Waals surface area contributed by atoms with Gasteiger partial charge in [-0.15, -0.1) is 0 Å². The lowest BCUT2D eigenvalue weighted by Gasteiger charge is -2.16. The summed E-state index contributed by atoms with van der Waals surface area (Å²) in [7, 11) is 0. The first-order valence-electron chi connectivity index (χ1n) is 3.79. The summed E-state index contributed by atoms with van der Waals surface area (Å²) >= 11 is 0. The van der Waals surface area contributed by atoms with E-state index in [0.717, 1.165) is 0 Å². The van der Waals surface area contributed by atoms with Crippen molar-refractivity contribution in [2.75, 3.05) is 0 Å². The molecule has 2 nitrogen and oxygen atoms in total. The molecule has 0 aromatic rings. The zero-order valence-electron chi connectivity index (χ0n) is 6.41. The molecule has 0 saturated heterocycles. The average molecular weight is 149 g/mol. The maximum absolute atomic E-state index is 9.16. The number of aliphatic hydroxyl groups excluding tert-OH is 1. The minimum absolute atomic E-state index is 0.347. The summed E-state index contributed by atoms with van der Waals surface area (Å²) in [6, 6.07) is 0.367. The summed E-state index contributed by atoms with van der Waals surface area (Å²) in [5, 5.41) is 12.5. The lowest BCUT2D eigenvalue weighted by Crippen LogP contribution is -2.26. The number of aliphatic hydroxyl groups is 1. The summed E-state index contributed by atoms with van der Waals surface area (Å²) in [5.41, 5.74) is 1.19. The number of rotatable bonds is 0. The Labute approximate surface area is 65.9 Å². The zero-order valence-corrected chi connectivity index (χ0v) is 6.41. The quantitative estimate of drug-likeness (QED) is 0.547. The maximum atomic E-state index is 9.16. The van der Waals surface area contributed by atoms with Gasteiger partial charge in [-0.25, -0.2) is 0 Å². The van der Waals surface area contributed by atoms with Gasteiger partial charge in [0.1, 0.15) is 5.76 Å². The van der Waals surface area contributed by atoms with E-state index in [1.54, 1.807) is 6.08 Å². The fourth-order valence-corrected chi connectivity index (χ4v) is 1.58. The summed E-state index contributed by atoms with van der Waals surface area (Å²) in [6.07, 6.45) is 7.73. The van der Waals surface area contributed by atoms with Crippen LogP contribution in [0.4, 0.5) is 0 Å². The van der Waals surface area contributed by atoms with Crippen LogP contribution < -0.4 is 5.32 Å². The van der Waals surface area contributed by atoms with Crippen molar-refractivity contribution < 1.29 is 5.11 Å². The van der Waals surface area contributed by atoms with Gasteiger partial charge < -0.3 is 10.4 Å². The fourth-order valence-electron chi connectivity index (χ4n) is 1.58. The molecule has 0 saturated carbocycles. The van der Waals surface area contributed by atoms with Gasteiger partial charge in [0.25, 0.3) is 0 Å². The minimum Gasteiger partial charge on any atom is -0.508 e. The molecule has 0 spiro atoms. The topological polar surface area (TPSA) is 32.3 Å². The Morgan fingerprint density at radius 1 is 1.45 bits per heavy atom. The average Bonchev–Trinajstić information content (AvgIpc) is 2.27. The first-order valence-corrected chi connectivity index (χ1v) is 3.79. The Hall–Kier alpha value is -1.18. The molecule has 0 aromatic heterocycles. The van der Waals surface area contributed by atoms with Crippen molar-refractivity contribution in [2.24, 2.45) is 5.92 Å². The van der Waals surface area contributed by atoms with Crippen LogP contribution in [-0.4, -0.2) is 11.1 Å². The Balaban J connectivity index is 2.26. The van der Waals surface area contributed by atoms with E-state index in [9.17, 15) is 0 Å². The highest BCUT2D eigenvalue weighted by Gasteiger charge is 2.23. The van der Waals surface area contributed by atoms with Crippen LogP contribution in [0.2, 0.25) is 0 Å². The first kappa shape index (κ1) is 6.53. The molecule has 2 unspecified atom stereocenters. The third kappa shape index (κ3) is 1.04. The number of hydrogen-bond acceptors (Lipinski definition) is 2. The standard InChI is InChI=1S/C9H11NO/c1-6-4-7-5-8(11)2-3-9(7)10-6/h2-5,7,9-11H,1H3. The molecule has 1 aliphatic heterocycles. The molecule has 0 fully saturated rings. The van der Waals surface area contributed by atoms with Crippen molar-refractivity contribution in [1.29, 1.82) is 0 Å². The molecule has 0 bridgehead atoms. The van der Waals surface area contributed by atoms with E-state index in [0.29, 0.717) is 17.7 Å². The van der Waals surface area contributed by atoms with Crippen LogP contribution in [0.1, 0.15) is 6.92 Å². The number of nitrogens with one attached hydrogen (secondary N) is 1. The molecular formula is C9H11NO. The summed E-state index contributed by atoms with van der Waals surface area (Å²) < 4.78 is 0. The lowest BCUT2D eigenvalue weighted by atomic mass is 9.97. The molecular weight excluding hydrogens is 138 g/mol. The smallest absolute Gasteiger partial charge is 0.112 e. The Kier molecular flexibility index (Phi) is 1.28. The molecule has 0 radical (unpaired) electrons. The van der Waals surface area contributed by atoms with Crippen molar-refractivity contribution in [3.8, 4) is 0 Å². The Morgan fingerprint density at radius 2 is 2.27 bits per heavy atom. The van der Waals surface area contributed by atoms with Gasteiger partial charge in [0.2, 0.25) is 0 Å². The Bertz CT molecular complexity index is 263. The van der Waals surface area contributed by atoms with Gasteiger partial charge in [0, 0.05) is 11.6 Å². The molecule has 58 valence electrons. The number of allylic oxidation sites excluding steroid dienone is 2. The van der Waals surface area contributed by atoms with Gasteiger partial charge in [-0.2, -0.15) is 0 Å². The number of fused-ring (bicyclic) bond motifs is 1. The lowest BCUT2D eigenvalue weighted by molar-refractivity contribution is 0.418. The van der Waals surface area contributed by atoms with E-state index >= 15 is 0 Å². The van der Waals surface area contributed by atoms with Crippen LogP contribution in [0.15, 0.2) is 35.8 Å². The molecule has 2 N–H and O–H groups in total. The van der Waals surface area contributed by atoms with Gasteiger partial charge in [-0.1, -0.05) is 12.2 Å². The highest BCUT2D eigenvalue weighted by atomic mass is 16.3.